The van der Waals surface area contributed by atoms with E-state index in [9.17, 15) is 14.0 Å². The Morgan fingerprint density at radius 1 is 1.05 bits per heavy atom. The van der Waals surface area contributed by atoms with Crippen LogP contribution in [0.1, 0.15) is 42.9 Å². The molecular weight excluding hydrogens is 575 g/mol. The number of nitrogens with one attached hydrogen (secondary N) is 1. The molecule has 43 heavy (non-hydrogen) atoms. The molecule has 1 aromatic heterocycles. The number of aromatic nitrogens is 4. The molecule has 4 aromatic rings. The van der Waals surface area contributed by atoms with E-state index in [0.29, 0.717) is 22.6 Å². The largest absolute Gasteiger partial charge is 0.493 e. The second-order valence-corrected chi connectivity index (χ2v) is 10.8. The standard InChI is InChI=1S/C31H32ClFN6O4/c1-19-8-10-20(11-9-19)29(31(41)34-22-6-4-5-7-22)39(23-13-14-25(33)24(32)17-23)28(40)18-38-36-30(35-37-38)21-12-15-26(42-2)27(16-21)43-3/h8-17,22,29H,4-7,18H2,1-3H3,(H,34,41)/t29-/m0/s1. The molecule has 1 fully saturated rings. The Hall–Kier alpha value is -4.51. The highest BCUT2D eigenvalue weighted by Crippen LogP contribution is 2.33. The molecule has 0 unspecified atom stereocenters. The fraction of sp³-hybridized carbons (Fsp3) is 0.323. The molecule has 1 aliphatic rings. The zero-order valence-electron chi connectivity index (χ0n) is 24.1. The van der Waals surface area contributed by atoms with Crippen LogP contribution in [0.4, 0.5) is 10.1 Å². The number of aryl methyl sites for hydroxylation is 1. The normalized spacial score (nSPS) is 13.9. The van der Waals surface area contributed by atoms with Crippen molar-refractivity contribution in [2.24, 2.45) is 0 Å². The van der Waals surface area contributed by atoms with Gasteiger partial charge in [-0.1, -0.05) is 54.3 Å². The Kier molecular flexibility index (Phi) is 9.20. The summed E-state index contributed by atoms with van der Waals surface area (Å²) < 4.78 is 24.9. The maximum absolute atomic E-state index is 14.2. The Morgan fingerprint density at radius 2 is 1.77 bits per heavy atom. The fourth-order valence-corrected chi connectivity index (χ4v) is 5.36. The summed E-state index contributed by atoms with van der Waals surface area (Å²) in [6, 6.07) is 15.4. The highest BCUT2D eigenvalue weighted by molar-refractivity contribution is 6.31. The van der Waals surface area contributed by atoms with E-state index >= 15 is 0 Å². The van der Waals surface area contributed by atoms with E-state index in [4.69, 9.17) is 21.1 Å². The summed E-state index contributed by atoms with van der Waals surface area (Å²) in [5.74, 6) is -0.216. The summed E-state index contributed by atoms with van der Waals surface area (Å²) >= 11 is 6.16. The van der Waals surface area contributed by atoms with Gasteiger partial charge in [-0.25, -0.2) is 4.39 Å². The average molecular weight is 607 g/mol. The van der Waals surface area contributed by atoms with Crippen LogP contribution in [0.5, 0.6) is 11.5 Å². The van der Waals surface area contributed by atoms with Gasteiger partial charge in [0.05, 0.1) is 19.2 Å². The van der Waals surface area contributed by atoms with Crippen LogP contribution in [0.3, 0.4) is 0 Å². The predicted octanol–water partition coefficient (Wildman–Crippen LogP) is 5.29. The monoisotopic (exact) mass is 606 g/mol. The van der Waals surface area contributed by atoms with Crippen molar-refractivity contribution in [3.05, 3.63) is 82.6 Å². The van der Waals surface area contributed by atoms with Crippen LogP contribution in [-0.4, -0.2) is 52.3 Å². The Labute approximate surface area is 253 Å². The summed E-state index contributed by atoms with van der Waals surface area (Å²) in [5, 5.41) is 15.5. The first-order chi connectivity index (χ1) is 20.8. The highest BCUT2D eigenvalue weighted by atomic mass is 35.5. The molecule has 0 saturated heterocycles. The number of hydrogen-bond donors (Lipinski definition) is 1. The fourth-order valence-electron chi connectivity index (χ4n) is 5.19. The third kappa shape index (κ3) is 6.77. The predicted molar refractivity (Wildman–Crippen MR) is 160 cm³/mol. The van der Waals surface area contributed by atoms with Crippen LogP contribution in [0.25, 0.3) is 11.4 Å². The van der Waals surface area contributed by atoms with E-state index in [1.807, 2.05) is 31.2 Å². The highest BCUT2D eigenvalue weighted by Gasteiger charge is 2.35. The number of methoxy groups -OCH3 is 2. The van der Waals surface area contributed by atoms with Gasteiger partial charge in [0.2, 0.25) is 11.7 Å². The smallest absolute Gasteiger partial charge is 0.251 e. The molecule has 1 N–H and O–H groups in total. The minimum atomic E-state index is -1.07. The average Bonchev–Trinajstić information content (AvgIpc) is 3.70. The molecule has 3 aromatic carbocycles. The van der Waals surface area contributed by atoms with Gasteiger partial charge in [-0.2, -0.15) is 4.80 Å². The molecule has 0 aliphatic heterocycles. The summed E-state index contributed by atoms with van der Waals surface area (Å²) in [7, 11) is 3.06. The molecule has 1 heterocycles. The molecule has 0 spiro atoms. The van der Waals surface area contributed by atoms with Crippen molar-refractivity contribution in [3.63, 3.8) is 0 Å². The summed E-state index contributed by atoms with van der Waals surface area (Å²) in [5.41, 5.74) is 2.44. The SMILES string of the molecule is COc1ccc(-c2nnn(CC(=O)N(c3ccc(F)c(Cl)c3)[C@H](C(=O)NC3CCCC3)c3ccc(C)cc3)n2)cc1OC. The number of rotatable bonds is 10. The van der Waals surface area contributed by atoms with E-state index in [-0.39, 0.29) is 35.0 Å². The van der Waals surface area contributed by atoms with Crippen molar-refractivity contribution in [1.29, 1.82) is 0 Å². The van der Waals surface area contributed by atoms with Gasteiger partial charge in [0.25, 0.3) is 5.91 Å². The van der Waals surface area contributed by atoms with E-state index < -0.39 is 17.8 Å². The molecule has 10 nitrogen and oxygen atoms in total. The molecule has 1 atom stereocenters. The lowest BCUT2D eigenvalue weighted by molar-refractivity contribution is -0.127. The van der Waals surface area contributed by atoms with Gasteiger partial charge in [0.1, 0.15) is 18.4 Å². The molecule has 5 rings (SSSR count). The third-order valence-electron chi connectivity index (χ3n) is 7.42. The molecule has 2 amide bonds. The molecular formula is C31H32ClFN6O4. The minimum absolute atomic E-state index is 0.00948. The number of carbonyl (C=O) groups is 2. The number of carbonyl (C=O) groups excluding carboxylic acids is 2. The van der Waals surface area contributed by atoms with Crippen LogP contribution >= 0.6 is 11.6 Å². The lowest BCUT2D eigenvalue weighted by atomic mass is 10.0. The third-order valence-corrected chi connectivity index (χ3v) is 7.71. The zero-order chi connectivity index (χ0) is 30.5. The van der Waals surface area contributed by atoms with Gasteiger partial charge in [-0.05, 0) is 66.9 Å². The number of amides is 2. The van der Waals surface area contributed by atoms with Crippen molar-refractivity contribution < 1.29 is 23.5 Å². The van der Waals surface area contributed by atoms with Crippen molar-refractivity contribution in [2.75, 3.05) is 19.1 Å². The van der Waals surface area contributed by atoms with Crippen LogP contribution in [0, 0.1) is 12.7 Å². The summed E-state index contributed by atoms with van der Waals surface area (Å²) in [6.45, 7) is 1.58. The van der Waals surface area contributed by atoms with E-state index in [1.54, 1.807) is 18.2 Å². The number of nitrogens with zero attached hydrogens (tertiary/aromatic N) is 5. The first-order valence-corrected chi connectivity index (χ1v) is 14.3. The lowest BCUT2D eigenvalue weighted by Gasteiger charge is -2.32. The molecule has 1 saturated carbocycles. The van der Waals surface area contributed by atoms with Crippen LogP contribution in [0.15, 0.2) is 60.7 Å². The molecule has 0 bridgehead atoms. The number of halogens is 2. The Balaban J connectivity index is 1.51. The van der Waals surface area contributed by atoms with Gasteiger partial charge < -0.3 is 14.8 Å². The molecule has 224 valence electrons. The number of hydrogen-bond acceptors (Lipinski definition) is 7. The number of tetrazole rings is 1. The second-order valence-electron chi connectivity index (χ2n) is 10.4. The molecule has 1 aliphatic carbocycles. The maximum Gasteiger partial charge on any atom is 0.251 e. The van der Waals surface area contributed by atoms with E-state index in [1.165, 1.54) is 37.3 Å². The summed E-state index contributed by atoms with van der Waals surface area (Å²) in [4.78, 5) is 30.5. The van der Waals surface area contributed by atoms with Gasteiger partial charge >= 0.3 is 0 Å². The van der Waals surface area contributed by atoms with Crippen molar-refractivity contribution in [2.45, 2.75) is 51.2 Å². The molecule has 12 heteroatoms. The second kappa shape index (κ2) is 13.2. The van der Waals surface area contributed by atoms with Crippen molar-refractivity contribution in [3.8, 4) is 22.9 Å². The van der Waals surface area contributed by atoms with Crippen LogP contribution in [-0.2, 0) is 16.1 Å². The zero-order valence-corrected chi connectivity index (χ0v) is 24.8. The topological polar surface area (TPSA) is 111 Å². The Morgan fingerprint density at radius 3 is 2.44 bits per heavy atom. The van der Waals surface area contributed by atoms with Crippen LogP contribution in [0.2, 0.25) is 5.02 Å². The Bertz CT molecular complexity index is 1610. The summed E-state index contributed by atoms with van der Waals surface area (Å²) in [6.07, 6.45) is 3.78. The first-order valence-electron chi connectivity index (χ1n) is 13.9. The lowest BCUT2D eigenvalue weighted by Crippen LogP contribution is -2.47. The molecule has 0 radical (unpaired) electrons. The van der Waals surface area contributed by atoms with Crippen molar-refractivity contribution in [1.82, 2.24) is 25.5 Å². The number of anilines is 1. The van der Waals surface area contributed by atoms with Gasteiger partial charge in [-0.3, -0.25) is 14.5 Å². The van der Waals surface area contributed by atoms with E-state index in [2.05, 4.69) is 20.7 Å². The number of ether oxygens (including phenoxy) is 2. The van der Waals surface area contributed by atoms with Crippen LogP contribution < -0.4 is 19.7 Å². The van der Waals surface area contributed by atoms with Crippen molar-refractivity contribution >= 4 is 29.1 Å². The quantitative estimate of drug-likeness (QED) is 0.261. The van der Waals surface area contributed by atoms with Gasteiger partial charge in [0.15, 0.2) is 11.5 Å². The maximum atomic E-state index is 14.2. The van der Waals surface area contributed by atoms with Gasteiger partial charge in [0, 0.05) is 17.3 Å². The number of benzene rings is 3. The minimum Gasteiger partial charge on any atom is -0.493 e. The van der Waals surface area contributed by atoms with E-state index in [0.717, 1.165) is 36.0 Å². The first kappa shape index (κ1) is 30.0. The van der Waals surface area contributed by atoms with Gasteiger partial charge in [-0.15, -0.1) is 10.2 Å².